The normalized spacial score (nSPS) is 11.9. The van der Waals surface area contributed by atoms with Crippen LogP contribution in [-0.4, -0.2) is 34.1 Å². The number of anilines is 1. The van der Waals surface area contributed by atoms with Gasteiger partial charge in [0.25, 0.3) is 15.9 Å². The van der Waals surface area contributed by atoms with Crippen LogP contribution in [0, 0.1) is 0 Å². The Morgan fingerprint density at radius 2 is 1.55 bits per heavy atom. The van der Waals surface area contributed by atoms with Crippen molar-refractivity contribution in [3.05, 3.63) is 84.4 Å². The molecule has 0 aliphatic heterocycles. The summed E-state index contributed by atoms with van der Waals surface area (Å²) in [4.78, 5) is 12.5. The molecule has 162 valence electrons. The highest BCUT2D eigenvalue weighted by atomic mass is 32.2. The van der Waals surface area contributed by atoms with Gasteiger partial charge in [0.05, 0.1) is 18.0 Å². The summed E-state index contributed by atoms with van der Waals surface area (Å²) in [6.45, 7) is 2.17. The van der Waals surface area contributed by atoms with E-state index in [-0.39, 0.29) is 16.8 Å². The Balaban J connectivity index is 1.56. The first-order valence-corrected chi connectivity index (χ1v) is 11.1. The first-order valence-electron chi connectivity index (χ1n) is 9.63. The van der Waals surface area contributed by atoms with Crippen molar-refractivity contribution in [1.29, 1.82) is 0 Å². The van der Waals surface area contributed by atoms with Gasteiger partial charge in [0, 0.05) is 11.3 Å². The fourth-order valence-corrected chi connectivity index (χ4v) is 3.80. The number of carbonyl (C=O) groups is 1. The summed E-state index contributed by atoms with van der Waals surface area (Å²) in [6.07, 6.45) is 0. The van der Waals surface area contributed by atoms with Crippen LogP contribution in [0.2, 0.25) is 0 Å². The largest absolute Gasteiger partial charge is 0.497 e. The van der Waals surface area contributed by atoms with Gasteiger partial charge in [-0.1, -0.05) is 18.2 Å². The first-order chi connectivity index (χ1) is 14.9. The maximum Gasteiger partial charge on any atom is 0.261 e. The van der Waals surface area contributed by atoms with E-state index >= 15 is 0 Å². The van der Waals surface area contributed by atoms with E-state index in [1.165, 1.54) is 19.2 Å². The summed E-state index contributed by atoms with van der Waals surface area (Å²) in [7, 11) is -2.24. The van der Waals surface area contributed by atoms with E-state index in [0.717, 1.165) is 5.75 Å². The van der Waals surface area contributed by atoms with Crippen molar-refractivity contribution in [1.82, 2.24) is 5.32 Å². The van der Waals surface area contributed by atoms with Crippen molar-refractivity contribution in [2.75, 3.05) is 18.4 Å². The summed E-state index contributed by atoms with van der Waals surface area (Å²) in [5, 5.41) is 2.86. The SMILES string of the molecule is COc1ccc(S(=O)(=O)Nc2ccc(C(=O)N[C@H](C)COc3ccccc3)cc2)cc1. The fraction of sp³-hybridized carbons (Fsp3) is 0.174. The van der Waals surface area contributed by atoms with E-state index < -0.39 is 10.0 Å². The molecule has 3 aromatic carbocycles. The highest BCUT2D eigenvalue weighted by Gasteiger charge is 2.15. The topological polar surface area (TPSA) is 93.7 Å². The van der Waals surface area contributed by atoms with E-state index in [4.69, 9.17) is 9.47 Å². The number of benzene rings is 3. The third-order valence-electron chi connectivity index (χ3n) is 4.39. The molecule has 0 radical (unpaired) electrons. The lowest BCUT2D eigenvalue weighted by Gasteiger charge is -2.15. The molecule has 0 spiro atoms. The van der Waals surface area contributed by atoms with Gasteiger partial charge >= 0.3 is 0 Å². The average Bonchev–Trinajstić information content (AvgIpc) is 2.78. The number of hydrogen-bond acceptors (Lipinski definition) is 5. The van der Waals surface area contributed by atoms with Crippen molar-refractivity contribution >= 4 is 21.6 Å². The number of nitrogens with one attached hydrogen (secondary N) is 2. The minimum Gasteiger partial charge on any atom is -0.497 e. The number of amides is 1. The standard InChI is InChI=1S/C23H24N2O5S/c1-17(16-30-21-6-4-3-5-7-21)24-23(26)18-8-10-19(11-9-18)25-31(27,28)22-14-12-20(29-2)13-15-22/h3-15,17,25H,16H2,1-2H3,(H,24,26)/t17-/m1/s1. The molecule has 0 fully saturated rings. The second-order valence-electron chi connectivity index (χ2n) is 6.86. The molecular weight excluding hydrogens is 416 g/mol. The molecule has 0 saturated heterocycles. The molecule has 0 aromatic heterocycles. The number of sulfonamides is 1. The lowest BCUT2D eigenvalue weighted by molar-refractivity contribution is 0.0926. The van der Waals surface area contributed by atoms with Gasteiger partial charge in [0.1, 0.15) is 18.1 Å². The number of carbonyl (C=O) groups excluding carboxylic acids is 1. The Morgan fingerprint density at radius 3 is 2.16 bits per heavy atom. The first kappa shape index (κ1) is 22.2. The maximum absolute atomic E-state index is 12.5. The molecule has 0 aliphatic rings. The van der Waals surface area contributed by atoms with Gasteiger partial charge in [-0.25, -0.2) is 8.42 Å². The number of ether oxygens (including phenoxy) is 2. The second-order valence-corrected chi connectivity index (χ2v) is 8.54. The highest BCUT2D eigenvalue weighted by molar-refractivity contribution is 7.92. The summed E-state index contributed by atoms with van der Waals surface area (Å²) < 4.78 is 38.2. The zero-order chi connectivity index (χ0) is 22.3. The zero-order valence-electron chi connectivity index (χ0n) is 17.2. The minimum atomic E-state index is -3.75. The van der Waals surface area contributed by atoms with Crippen molar-refractivity contribution in [3.63, 3.8) is 0 Å². The average molecular weight is 441 g/mol. The number of para-hydroxylation sites is 1. The summed E-state index contributed by atoms with van der Waals surface area (Å²) in [5.74, 6) is 1.03. The Kier molecular flexibility index (Phi) is 7.15. The van der Waals surface area contributed by atoms with E-state index in [0.29, 0.717) is 23.6 Å². The third kappa shape index (κ3) is 6.23. The maximum atomic E-state index is 12.5. The van der Waals surface area contributed by atoms with Crippen molar-refractivity contribution in [3.8, 4) is 11.5 Å². The summed E-state index contributed by atoms with van der Waals surface area (Å²) in [5.41, 5.74) is 0.770. The molecule has 0 bridgehead atoms. The van der Waals surface area contributed by atoms with Gasteiger partial charge in [0.2, 0.25) is 0 Å². The van der Waals surface area contributed by atoms with Crippen molar-refractivity contribution < 1.29 is 22.7 Å². The third-order valence-corrected chi connectivity index (χ3v) is 5.79. The van der Waals surface area contributed by atoms with Crippen LogP contribution in [0.1, 0.15) is 17.3 Å². The number of rotatable bonds is 9. The van der Waals surface area contributed by atoms with Gasteiger partial charge < -0.3 is 14.8 Å². The minimum absolute atomic E-state index is 0.113. The Labute approximate surface area is 182 Å². The molecule has 3 rings (SSSR count). The van der Waals surface area contributed by atoms with Crippen LogP contribution >= 0.6 is 0 Å². The molecule has 0 aliphatic carbocycles. The highest BCUT2D eigenvalue weighted by Crippen LogP contribution is 2.19. The Morgan fingerprint density at radius 1 is 0.903 bits per heavy atom. The van der Waals surface area contributed by atoms with Crippen LogP contribution in [-0.2, 0) is 10.0 Å². The molecule has 7 nitrogen and oxygen atoms in total. The van der Waals surface area contributed by atoms with Crippen LogP contribution in [0.4, 0.5) is 5.69 Å². The molecule has 0 saturated carbocycles. The van der Waals surface area contributed by atoms with Gasteiger partial charge in [-0.15, -0.1) is 0 Å². The molecule has 0 unspecified atom stereocenters. The van der Waals surface area contributed by atoms with Gasteiger partial charge in [-0.3, -0.25) is 9.52 Å². The Bertz CT molecular complexity index is 1100. The number of methoxy groups -OCH3 is 1. The zero-order valence-corrected chi connectivity index (χ0v) is 18.1. The van der Waals surface area contributed by atoms with E-state index in [2.05, 4.69) is 10.0 Å². The van der Waals surface area contributed by atoms with E-state index in [1.54, 1.807) is 36.4 Å². The van der Waals surface area contributed by atoms with Gasteiger partial charge in [-0.05, 0) is 67.6 Å². The molecule has 0 heterocycles. The predicted octanol–water partition coefficient (Wildman–Crippen LogP) is 3.69. The molecule has 3 aromatic rings. The lowest BCUT2D eigenvalue weighted by Crippen LogP contribution is -2.36. The summed E-state index contributed by atoms with van der Waals surface area (Å²) in [6, 6.07) is 21.4. The van der Waals surface area contributed by atoms with Crippen LogP contribution in [0.5, 0.6) is 11.5 Å². The van der Waals surface area contributed by atoms with Crippen LogP contribution in [0.25, 0.3) is 0 Å². The van der Waals surface area contributed by atoms with Gasteiger partial charge in [0.15, 0.2) is 0 Å². The smallest absolute Gasteiger partial charge is 0.261 e. The van der Waals surface area contributed by atoms with Crippen molar-refractivity contribution in [2.24, 2.45) is 0 Å². The molecule has 2 N–H and O–H groups in total. The monoisotopic (exact) mass is 440 g/mol. The molecule has 1 atom stereocenters. The fourth-order valence-electron chi connectivity index (χ4n) is 2.75. The van der Waals surface area contributed by atoms with Crippen LogP contribution < -0.4 is 19.5 Å². The molecular formula is C23H24N2O5S. The quantitative estimate of drug-likeness (QED) is 0.529. The molecule has 8 heteroatoms. The second kappa shape index (κ2) is 9.99. The molecule has 31 heavy (non-hydrogen) atoms. The van der Waals surface area contributed by atoms with E-state index in [9.17, 15) is 13.2 Å². The lowest BCUT2D eigenvalue weighted by atomic mass is 10.2. The van der Waals surface area contributed by atoms with Crippen LogP contribution in [0.15, 0.2) is 83.8 Å². The van der Waals surface area contributed by atoms with Crippen LogP contribution in [0.3, 0.4) is 0 Å². The van der Waals surface area contributed by atoms with Crippen molar-refractivity contribution in [2.45, 2.75) is 17.9 Å². The van der Waals surface area contributed by atoms with E-state index in [1.807, 2.05) is 37.3 Å². The molecule has 1 amide bonds. The summed E-state index contributed by atoms with van der Waals surface area (Å²) >= 11 is 0. The van der Waals surface area contributed by atoms with Gasteiger partial charge in [-0.2, -0.15) is 0 Å². The Hall–Kier alpha value is -3.52. The predicted molar refractivity (Wildman–Crippen MR) is 119 cm³/mol. The number of hydrogen-bond donors (Lipinski definition) is 2.